The molecule has 6 nitrogen and oxygen atoms in total. The Labute approximate surface area is 150 Å². The minimum Gasteiger partial charge on any atom is -0.494 e. The fourth-order valence-corrected chi connectivity index (χ4v) is 2.39. The summed E-state index contributed by atoms with van der Waals surface area (Å²) in [6.45, 7) is 4.73. The molecule has 3 N–H and O–H groups in total. The number of aliphatic carboxylic acids is 1. The minimum atomic E-state index is -0.927. The third kappa shape index (κ3) is 9.59. The summed E-state index contributed by atoms with van der Waals surface area (Å²) in [5.74, 6) is -0.151. The highest BCUT2D eigenvalue weighted by Crippen LogP contribution is 2.16. The predicted molar refractivity (Wildman–Crippen MR) is 99.2 cm³/mol. The van der Waals surface area contributed by atoms with Crippen molar-refractivity contribution in [3.05, 3.63) is 24.3 Å². The van der Waals surface area contributed by atoms with Gasteiger partial charge in [-0.1, -0.05) is 39.5 Å². The van der Waals surface area contributed by atoms with Gasteiger partial charge in [-0.25, -0.2) is 4.79 Å². The molecule has 0 spiro atoms. The van der Waals surface area contributed by atoms with Gasteiger partial charge in [0.25, 0.3) is 0 Å². The third-order valence-corrected chi connectivity index (χ3v) is 3.88. The van der Waals surface area contributed by atoms with Gasteiger partial charge in [-0.3, -0.25) is 4.79 Å². The molecule has 2 amide bonds. The number of carboxylic acid groups (broad SMARTS) is 1. The van der Waals surface area contributed by atoms with Gasteiger partial charge in [0.15, 0.2) is 0 Å². The Balaban J connectivity index is 2.33. The van der Waals surface area contributed by atoms with Gasteiger partial charge in [0.1, 0.15) is 5.75 Å². The number of anilines is 1. The number of benzene rings is 1. The van der Waals surface area contributed by atoms with E-state index >= 15 is 0 Å². The number of carbonyl (C=O) groups is 2. The predicted octanol–water partition coefficient (Wildman–Crippen LogP) is 4.41. The fraction of sp³-hybridized carbons (Fsp3) is 0.579. The first-order valence-electron chi connectivity index (χ1n) is 9.07. The standard InChI is InChI=1S/C19H30N2O4/c1-3-5-6-7-8-13-25-17-11-9-16(10-12-17)21-19(24)20-15(4-2)14-18(22)23/h9-12,15H,3-8,13-14H2,1-2H3,(H,22,23)(H2,20,21,24)/t15-/m0/s1. The molecule has 1 rings (SSSR count). The molecule has 0 unspecified atom stereocenters. The average Bonchev–Trinajstić information content (AvgIpc) is 2.58. The Morgan fingerprint density at radius 2 is 1.76 bits per heavy atom. The topological polar surface area (TPSA) is 87.7 Å². The number of urea groups is 1. The lowest BCUT2D eigenvalue weighted by Crippen LogP contribution is -2.38. The molecule has 0 aromatic heterocycles. The number of carboxylic acids is 1. The molecule has 0 saturated heterocycles. The number of hydrogen-bond acceptors (Lipinski definition) is 3. The molecule has 0 aliphatic carbocycles. The summed E-state index contributed by atoms with van der Waals surface area (Å²) in [5.41, 5.74) is 0.637. The molecular weight excluding hydrogens is 320 g/mol. The molecule has 25 heavy (non-hydrogen) atoms. The van der Waals surface area contributed by atoms with Crippen molar-refractivity contribution >= 4 is 17.7 Å². The van der Waals surface area contributed by atoms with Gasteiger partial charge in [-0.05, 0) is 37.1 Å². The average molecular weight is 350 g/mol. The van der Waals surface area contributed by atoms with Gasteiger partial charge in [0.2, 0.25) is 0 Å². The fourth-order valence-electron chi connectivity index (χ4n) is 2.39. The largest absolute Gasteiger partial charge is 0.494 e. The third-order valence-electron chi connectivity index (χ3n) is 3.88. The first kappa shape index (κ1) is 20.8. The van der Waals surface area contributed by atoms with Gasteiger partial charge in [-0.2, -0.15) is 0 Å². The first-order valence-corrected chi connectivity index (χ1v) is 9.07. The van der Waals surface area contributed by atoms with Crippen LogP contribution in [0.2, 0.25) is 0 Å². The minimum absolute atomic E-state index is 0.0883. The number of nitrogens with one attached hydrogen (secondary N) is 2. The maximum atomic E-state index is 11.9. The second-order valence-electron chi connectivity index (χ2n) is 6.09. The lowest BCUT2D eigenvalue weighted by atomic mass is 10.1. The van der Waals surface area contributed by atoms with Crippen molar-refractivity contribution in [2.24, 2.45) is 0 Å². The van der Waals surface area contributed by atoms with Crippen LogP contribution >= 0.6 is 0 Å². The van der Waals surface area contributed by atoms with E-state index < -0.39 is 12.0 Å². The smallest absolute Gasteiger partial charge is 0.319 e. The number of hydrogen-bond donors (Lipinski definition) is 3. The Morgan fingerprint density at radius 3 is 2.36 bits per heavy atom. The van der Waals surface area contributed by atoms with Crippen LogP contribution in [0.1, 0.15) is 58.8 Å². The summed E-state index contributed by atoms with van der Waals surface area (Å²) < 4.78 is 5.68. The van der Waals surface area contributed by atoms with Gasteiger partial charge in [-0.15, -0.1) is 0 Å². The van der Waals surface area contributed by atoms with Gasteiger partial charge >= 0.3 is 12.0 Å². The van der Waals surface area contributed by atoms with Crippen molar-refractivity contribution in [3.8, 4) is 5.75 Å². The van der Waals surface area contributed by atoms with E-state index in [1.165, 1.54) is 25.7 Å². The molecule has 0 aliphatic heterocycles. The van der Waals surface area contributed by atoms with E-state index in [2.05, 4.69) is 17.6 Å². The van der Waals surface area contributed by atoms with Crippen molar-refractivity contribution in [1.82, 2.24) is 5.32 Å². The molecule has 0 bridgehead atoms. The summed E-state index contributed by atoms with van der Waals surface area (Å²) in [4.78, 5) is 22.6. The van der Waals surface area contributed by atoms with E-state index in [9.17, 15) is 9.59 Å². The van der Waals surface area contributed by atoms with Gasteiger partial charge < -0.3 is 20.5 Å². The lowest BCUT2D eigenvalue weighted by Gasteiger charge is -2.15. The lowest BCUT2D eigenvalue weighted by molar-refractivity contribution is -0.137. The van der Waals surface area contributed by atoms with E-state index in [-0.39, 0.29) is 12.5 Å². The zero-order valence-corrected chi connectivity index (χ0v) is 15.2. The number of amides is 2. The molecular formula is C19H30N2O4. The van der Waals surface area contributed by atoms with Crippen LogP contribution in [0.4, 0.5) is 10.5 Å². The van der Waals surface area contributed by atoms with Crippen molar-refractivity contribution in [2.45, 2.75) is 64.8 Å². The molecule has 140 valence electrons. The van der Waals surface area contributed by atoms with Gasteiger partial charge in [0.05, 0.1) is 13.0 Å². The van der Waals surface area contributed by atoms with Crippen LogP contribution in [0.25, 0.3) is 0 Å². The number of unbranched alkanes of at least 4 members (excludes halogenated alkanes) is 4. The second-order valence-corrected chi connectivity index (χ2v) is 6.09. The van der Waals surface area contributed by atoms with Crippen LogP contribution in [0.3, 0.4) is 0 Å². The van der Waals surface area contributed by atoms with Crippen LogP contribution < -0.4 is 15.4 Å². The van der Waals surface area contributed by atoms with E-state index in [1.54, 1.807) is 12.1 Å². The Kier molecular flexibility index (Phi) is 10.1. The Bertz CT molecular complexity index is 517. The summed E-state index contributed by atoms with van der Waals surface area (Å²) >= 11 is 0. The van der Waals surface area contributed by atoms with Crippen molar-refractivity contribution in [1.29, 1.82) is 0 Å². The maximum Gasteiger partial charge on any atom is 0.319 e. The Hall–Kier alpha value is -2.24. The summed E-state index contributed by atoms with van der Waals surface area (Å²) in [6, 6.07) is 6.38. The quantitative estimate of drug-likeness (QED) is 0.487. The second kappa shape index (κ2) is 12.2. The number of carbonyl (C=O) groups excluding carboxylic acids is 1. The highest BCUT2D eigenvalue weighted by molar-refractivity contribution is 5.89. The van der Waals surface area contributed by atoms with Crippen LogP contribution in [0.5, 0.6) is 5.75 Å². The zero-order valence-electron chi connectivity index (χ0n) is 15.2. The van der Waals surface area contributed by atoms with Crippen molar-refractivity contribution < 1.29 is 19.4 Å². The molecule has 0 saturated carbocycles. The summed E-state index contributed by atoms with van der Waals surface area (Å²) in [5, 5.41) is 14.2. The zero-order chi connectivity index (χ0) is 18.5. The summed E-state index contributed by atoms with van der Waals surface area (Å²) in [7, 11) is 0. The molecule has 0 radical (unpaired) electrons. The molecule has 0 fully saturated rings. The van der Waals surface area contributed by atoms with E-state index in [0.29, 0.717) is 18.7 Å². The van der Waals surface area contributed by atoms with Gasteiger partial charge in [0, 0.05) is 11.7 Å². The van der Waals surface area contributed by atoms with Crippen molar-refractivity contribution in [2.75, 3.05) is 11.9 Å². The van der Waals surface area contributed by atoms with Crippen LogP contribution in [-0.2, 0) is 4.79 Å². The number of rotatable bonds is 12. The first-order chi connectivity index (χ1) is 12.0. The van der Waals surface area contributed by atoms with Crippen LogP contribution in [0, 0.1) is 0 Å². The van der Waals surface area contributed by atoms with E-state index in [1.807, 2.05) is 19.1 Å². The molecule has 0 aliphatic rings. The monoisotopic (exact) mass is 350 g/mol. The molecule has 1 aromatic rings. The normalized spacial score (nSPS) is 11.6. The molecule has 1 atom stereocenters. The SMILES string of the molecule is CCCCCCCOc1ccc(NC(=O)N[C@@H](CC)CC(=O)O)cc1. The van der Waals surface area contributed by atoms with E-state index in [0.717, 1.165) is 12.2 Å². The summed E-state index contributed by atoms with van der Waals surface area (Å²) in [6.07, 6.45) is 6.46. The molecule has 6 heteroatoms. The Morgan fingerprint density at radius 1 is 1.08 bits per heavy atom. The molecule has 1 aromatic carbocycles. The maximum absolute atomic E-state index is 11.9. The van der Waals surface area contributed by atoms with Crippen LogP contribution in [0.15, 0.2) is 24.3 Å². The highest BCUT2D eigenvalue weighted by Gasteiger charge is 2.13. The highest BCUT2D eigenvalue weighted by atomic mass is 16.5. The van der Waals surface area contributed by atoms with E-state index in [4.69, 9.17) is 9.84 Å². The van der Waals surface area contributed by atoms with Crippen molar-refractivity contribution in [3.63, 3.8) is 0 Å². The number of ether oxygens (including phenoxy) is 1. The molecule has 0 heterocycles. The van der Waals surface area contributed by atoms with Crippen LogP contribution in [-0.4, -0.2) is 29.8 Å².